The lowest BCUT2D eigenvalue weighted by molar-refractivity contribution is 0.0609. The molecule has 1 fully saturated rings. The molecular formula is C18H23N5OS. The van der Waals surface area contributed by atoms with E-state index in [4.69, 9.17) is 9.84 Å². The van der Waals surface area contributed by atoms with Gasteiger partial charge in [-0.15, -0.1) is 15.3 Å². The van der Waals surface area contributed by atoms with Crippen molar-refractivity contribution < 1.29 is 4.74 Å². The minimum absolute atomic E-state index is 0.300. The van der Waals surface area contributed by atoms with Crippen molar-refractivity contribution in [2.24, 2.45) is 5.92 Å². The molecule has 4 rings (SSSR count). The first-order chi connectivity index (χ1) is 12.2. The molecule has 0 saturated carbocycles. The van der Waals surface area contributed by atoms with Crippen LogP contribution in [0.25, 0.3) is 17.0 Å². The zero-order chi connectivity index (χ0) is 17.2. The van der Waals surface area contributed by atoms with Crippen molar-refractivity contribution in [2.45, 2.75) is 32.8 Å². The van der Waals surface area contributed by atoms with Gasteiger partial charge in [0.15, 0.2) is 11.5 Å². The highest BCUT2D eigenvalue weighted by molar-refractivity contribution is 7.08. The molecule has 3 aromatic heterocycles. The Balaban J connectivity index is 1.49. The number of thiophene rings is 1. The SMILES string of the molecule is CC(C)CCOC1CCN(c2ccc3nnc(-c4ccsc4)n3n2)C1. The predicted molar refractivity (Wildman–Crippen MR) is 100 cm³/mol. The molecule has 6 nitrogen and oxygen atoms in total. The third-order valence-electron chi connectivity index (χ3n) is 4.55. The number of hydrogen-bond donors (Lipinski definition) is 0. The van der Waals surface area contributed by atoms with Gasteiger partial charge in [-0.2, -0.15) is 15.9 Å². The first kappa shape index (κ1) is 16.5. The molecule has 0 aliphatic carbocycles. The third kappa shape index (κ3) is 3.52. The number of anilines is 1. The quantitative estimate of drug-likeness (QED) is 0.676. The molecule has 7 heteroatoms. The fourth-order valence-corrected chi connectivity index (χ4v) is 3.70. The van der Waals surface area contributed by atoms with Gasteiger partial charge < -0.3 is 9.64 Å². The van der Waals surface area contributed by atoms with Crippen molar-refractivity contribution in [3.63, 3.8) is 0 Å². The number of nitrogens with zero attached hydrogens (tertiary/aromatic N) is 5. The van der Waals surface area contributed by atoms with E-state index in [-0.39, 0.29) is 0 Å². The van der Waals surface area contributed by atoms with Crippen molar-refractivity contribution in [1.29, 1.82) is 0 Å². The standard InChI is InChI=1S/C18H23N5OS/c1-13(2)6-9-24-15-5-8-22(11-15)17-4-3-16-19-20-18(23(16)21-17)14-7-10-25-12-14/h3-4,7,10,12-13,15H,5-6,8-9,11H2,1-2H3. The molecule has 1 aliphatic rings. The normalized spacial score (nSPS) is 17.9. The van der Waals surface area contributed by atoms with Crippen LogP contribution in [0.2, 0.25) is 0 Å². The Morgan fingerprint density at radius 2 is 2.20 bits per heavy atom. The number of hydrogen-bond acceptors (Lipinski definition) is 6. The molecule has 0 N–H and O–H groups in total. The molecule has 1 atom stereocenters. The van der Waals surface area contributed by atoms with Gasteiger partial charge in [0.1, 0.15) is 5.82 Å². The van der Waals surface area contributed by atoms with E-state index >= 15 is 0 Å². The van der Waals surface area contributed by atoms with Crippen LogP contribution in [0, 0.1) is 5.92 Å². The summed E-state index contributed by atoms with van der Waals surface area (Å²) in [5.41, 5.74) is 1.83. The van der Waals surface area contributed by atoms with Crippen LogP contribution >= 0.6 is 11.3 Å². The molecule has 0 aromatic carbocycles. The van der Waals surface area contributed by atoms with Crippen LogP contribution in [-0.4, -0.2) is 45.6 Å². The molecule has 1 unspecified atom stereocenters. The Morgan fingerprint density at radius 1 is 1.28 bits per heavy atom. The van der Waals surface area contributed by atoms with Crippen molar-refractivity contribution >= 4 is 22.8 Å². The molecule has 25 heavy (non-hydrogen) atoms. The summed E-state index contributed by atoms with van der Waals surface area (Å²) in [6.07, 6.45) is 2.47. The van der Waals surface area contributed by atoms with Gasteiger partial charge in [-0.25, -0.2) is 0 Å². The lowest BCUT2D eigenvalue weighted by Crippen LogP contribution is -2.24. The summed E-state index contributed by atoms with van der Waals surface area (Å²) in [6.45, 7) is 7.17. The van der Waals surface area contributed by atoms with Crippen LogP contribution in [0.15, 0.2) is 29.0 Å². The lowest BCUT2D eigenvalue weighted by Gasteiger charge is -2.18. The van der Waals surface area contributed by atoms with E-state index in [0.717, 1.165) is 55.4 Å². The van der Waals surface area contributed by atoms with E-state index in [0.29, 0.717) is 12.0 Å². The molecule has 0 spiro atoms. The summed E-state index contributed by atoms with van der Waals surface area (Å²) in [5.74, 6) is 2.44. The molecule has 3 aromatic rings. The highest BCUT2D eigenvalue weighted by atomic mass is 32.1. The van der Waals surface area contributed by atoms with Gasteiger partial charge in [0.05, 0.1) is 6.10 Å². The summed E-state index contributed by atoms with van der Waals surface area (Å²) < 4.78 is 7.86. The van der Waals surface area contributed by atoms with Crippen molar-refractivity contribution in [3.05, 3.63) is 29.0 Å². The largest absolute Gasteiger partial charge is 0.376 e. The first-order valence-corrected chi connectivity index (χ1v) is 9.76. The summed E-state index contributed by atoms with van der Waals surface area (Å²) in [6, 6.07) is 6.06. The van der Waals surface area contributed by atoms with Crippen LogP contribution in [-0.2, 0) is 4.74 Å². The molecule has 1 aliphatic heterocycles. The summed E-state index contributed by atoms with van der Waals surface area (Å²) >= 11 is 1.65. The Labute approximate surface area is 151 Å². The molecule has 0 bridgehead atoms. The minimum Gasteiger partial charge on any atom is -0.376 e. The molecule has 4 heterocycles. The zero-order valence-corrected chi connectivity index (χ0v) is 15.4. The van der Waals surface area contributed by atoms with Gasteiger partial charge in [-0.05, 0) is 42.3 Å². The van der Waals surface area contributed by atoms with Crippen molar-refractivity contribution in [3.8, 4) is 11.4 Å². The molecular weight excluding hydrogens is 334 g/mol. The van der Waals surface area contributed by atoms with E-state index in [1.54, 1.807) is 11.3 Å². The van der Waals surface area contributed by atoms with Gasteiger partial charge in [0.2, 0.25) is 0 Å². The van der Waals surface area contributed by atoms with Crippen LogP contribution in [0.1, 0.15) is 26.7 Å². The first-order valence-electron chi connectivity index (χ1n) is 8.82. The maximum atomic E-state index is 6.02. The Kier molecular flexibility index (Phi) is 4.67. The van der Waals surface area contributed by atoms with Crippen molar-refractivity contribution in [2.75, 3.05) is 24.6 Å². The maximum absolute atomic E-state index is 6.02. The van der Waals surface area contributed by atoms with Gasteiger partial charge in [0.25, 0.3) is 0 Å². The van der Waals surface area contributed by atoms with E-state index in [1.807, 2.05) is 28.1 Å². The van der Waals surface area contributed by atoms with Gasteiger partial charge in [0, 0.05) is 30.6 Å². The summed E-state index contributed by atoms with van der Waals surface area (Å²) in [5, 5.41) is 17.4. The van der Waals surface area contributed by atoms with Crippen LogP contribution in [0.3, 0.4) is 0 Å². The highest BCUT2D eigenvalue weighted by Gasteiger charge is 2.25. The molecule has 0 amide bonds. The van der Waals surface area contributed by atoms with Crippen LogP contribution in [0.4, 0.5) is 5.82 Å². The number of fused-ring (bicyclic) bond motifs is 1. The summed E-state index contributed by atoms with van der Waals surface area (Å²) in [4.78, 5) is 2.29. The lowest BCUT2D eigenvalue weighted by atomic mass is 10.1. The second-order valence-corrected chi connectivity index (χ2v) is 7.69. The third-order valence-corrected chi connectivity index (χ3v) is 5.23. The number of aromatic nitrogens is 4. The molecule has 132 valence electrons. The fourth-order valence-electron chi connectivity index (χ4n) is 3.06. The predicted octanol–water partition coefficient (Wildman–Crippen LogP) is 3.49. The molecule has 1 saturated heterocycles. The maximum Gasteiger partial charge on any atom is 0.186 e. The second kappa shape index (κ2) is 7.09. The van der Waals surface area contributed by atoms with Gasteiger partial charge in [-0.3, -0.25) is 0 Å². The topological polar surface area (TPSA) is 55.5 Å². The van der Waals surface area contributed by atoms with Gasteiger partial charge in [-0.1, -0.05) is 13.8 Å². The Morgan fingerprint density at radius 3 is 3.00 bits per heavy atom. The van der Waals surface area contributed by atoms with Crippen LogP contribution < -0.4 is 4.90 Å². The molecule has 0 radical (unpaired) electrons. The average molecular weight is 357 g/mol. The zero-order valence-electron chi connectivity index (χ0n) is 14.6. The highest BCUT2D eigenvalue weighted by Crippen LogP contribution is 2.24. The van der Waals surface area contributed by atoms with Crippen LogP contribution in [0.5, 0.6) is 0 Å². The van der Waals surface area contributed by atoms with E-state index in [2.05, 4.69) is 34.3 Å². The Hall–Kier alpha value is -1.99. The van der Waals surface area contributed by atoms with E-state index in [1.165, 1.54) is 0 Å². The minimum atomic E-state index is 0.300. The van der Waals surface area contributed by atoms with E-state index in [9.17, 15) is 0 Å². The van der Waals surface area contributed by atoms with Crippen molar-refractivity contribution in [1.82, 2.24) is 19.8 Å². The second-order valence-electron chi connectivity index (χ2n) is 6.91. The Bertz CT molecular complexity index is 829. The van der Waals surface area contributed by atoms with E-state index < -0.39 is 0 Å². The number of rotatable bonds is 6. The van der Waals surface area contributed by atoms with Gasteiger partial charge >= 0.3 is 0 Å². The number of ether oxygens (including phenoxy) is 1. The average Bonchev–Trinajstić information content (AvgIpc) is 3.34. The monoisotopic (exact) mass is 357 g/mol. The fraction of sp³-hybridized carbons (Fsp3) is 0.500. The smallest absolute Gasteiger partial charge is 0.186 e. The summed E-state index contributed by atoms with van der Waals surface area (Å²) in [7, 11) is 0.